The molecule has 0 spiro atoms. The van der Waals surface area contributed by atoms with Crippen molar-refractivity contribution in [3.63, 3.8) is 0 Å². The summed E-state index contributed by atoms with van der Waals surface area (Å²) >= 11 is 0. The molecule has 0 saturated carbocycles. The summed E-state index contributed by atoms with van der Waals surface area (Å²) in [5.74, 6) is -0.951. The molecule has 1 saturated heterocycles. The highest BCUT2D eigenvalue weighted by molar-refractivity contribution is 5.90. The molecular formula is C19H23N3O2. The van der Waals surface area contributed by atoms with E-state index in [-0.39, 0.29) is 5.56 Å². The van der Waals surface area contributed by atoms with Gasteiger partial charge >= 0.3 is 5.97 Å². The van der Waals surface area contributed by atoms with E-state index in [4.69, 9.17) is 10.8 Å². The number of aromatic carboxylic acids is 1. The summed E-state index contributed by atoms with van der Waals surface area (Å²) < 4.78 is 0. The van der Waals surface area contributed by atoms with Crippen molar-refractivity contribution in [1.82, 2.24) is 0 Å². The van der Waals surface area contributed by atoms with Crippen molar-refractivity contribution in [3.05, 3.63) is 53.1 Å². The number of piperazine rings is 1. The molecule has 3 rings (SSSR count). The molecule has 0 atom stereocenters. The van der Waals surface area contributed by atoms with Gasteiger partial charge in [0.05, 0.1) is 16.9 Å². The standard InChI is InChI=1S/C19H23N3O2/c1-13-3-4-14(2)18(11-13)22-9-7-21(8-10-22)17-6-5-15(19(23)24)12-16(17)20/h3-6,11-12H,7-10,20H2,1-2H3,(H,23,24). The number of carbonyl (C=O) groups is 1. The Morgan fingerprint density at radius 2 is 1.58 bits per heavy atom. The zero-order chi connectivity index (χ0) is 17.3. The molecule has 2 aromatic carbocycles. The molecule has 0 amide bonds. The maximum absolute atomic E-state index is 11.0. The Bertz CT molecular complexity index is 765. The Hall–Kier alpha value is -2.69. The number of aryl methyl sites for hydroxylation is 2. The Morgan fingerprint density at radius 1 is 0.958 bits per heavy atom. The predicted molar refractivity (Wildman–Crippen MR) is 98.2 cm³/mol. The first-order chi connectivity index (χ1) is 11.5. The van der Waals surface area contributed by atoms with Crippen LogP contribution < -0.4 is 15.5 Å². The van der Waals surface area contributed by atoms with Crippen molar-refractivity contribution in [2.45, 2.75) is 13.8 Å². The maximum Gasteiger partial charge on any atom is 0.335 e. The van der Waals surface area contributed by atoms with Crippen LogP contribution in [0, 0.1) is 13.8 Å². The molecule has 1 heterocycles. The van der Waals surface area contributed by atoms with Gasteiger partial charge in [-0.3, -0.25) is 0 Å². The molecule has 1 aliphatic heterocycles. The minimum atomic E-state index is -0.951. The first-order valence-corrected chi connectivity index (χ1v) is 8.15. The second-order valence-electron chi connectivity index (χ2n) is 6.34. The zero-order valence-electron chi connectivity index (χ0n) is 14.1. The third kappa shape index (κ3) is 3.15. The monoisotopic (exact) mass is 325 g/mol. The third-order valence-corrected chi connectivity index (χ3v) is 4.60. The van der Waals surface area contributed by atoms with E-state index in [1.165, 1.54) is 22.9 Å². The number of carboxylic acid groups (broad SMARTS) is 1. The number of nitrogens with two attached hydrogens (primary N) is 1. The molecule has 1 fully saturated rings. The van der Waals surface area contributed by atoms with Gasteiger partial charge in [0.2, 0.25) is 0 Å². The number of carboxylic acids is 1. The highest BCUT2D eigenvalue weighted by Crippen LogP contribution is 2.28. The summed E-state index contributed by atoms with van der Waals surface area (Å²) in [6.45, 7) is 7.83. The van der Waals surface area contributed by atoms with Crippen molar-refractivity contribution in [1.29, 1.82) is 0 Å². The highest BCUT2D eigenvalue weighted by atomic mass is 16.4. The molecule has 0 bridgehead atoms. The highest BCUT2D eigenvalue weighted by Gasteiger charge is 2.20. The number of nitrogens with zero attached hydrogens (tertiary/aromatic N) is 2. The van der Waals surface area contributed by atoms with Crippen LogP contribution in [0.5, 0.6) is 0 Å². The molecule has 0 unspecified atom stereocenters. The van der Waals surface area contributed by atoms with Crippen LogP contribution in [0.15, 0.2) is 36.4 Å². The molecule has 0 radical (unpaired) electrons. The fourth-order valence-electron chi connectivity index (χ4n) is 3.22. The molecule has 0 aromatic heterocycles. The largest absolute Gasteiger partial charge is 0.478 e. The average molecular weight is 325 g/mol. The van der Waals surface area contributed by atoms with E-state index in [1.807, 2.05) is 6.07 Å². The van der Waals surface area contributed by atoms with Gasteiger partial charge in [0.1, 0.15) is 0 Å². The molecule has 1 aliphatic rings. The van der Waals surface area contributed by atoms with Crippen molar-refractivity contribution >= 4 is 23.0 Å². The van der Waals surface area contributed by atoms with Crippen LogP contribution in [-0.2, 0) is 0 Å². The number of benzene rings is 2. The second kappa shape index (κ2) is 6.43. The lowest BCUT2D eigenvalue weighted by molar-refractivity contribution is 0.0697. The third-order valence-electron chi connectivity index (χ3n) is 4.60. The summed E-state index contributed by atoms with van der Waals surface area (Å²) in [5.41, 5.74) is 11.6. The molecule has 126 valence electrons. The van der Waals surface area contributed by atoms with Crippen LogP contribution in [-0.4, -0.2) is 37.3 Å². The zero-order valence-corrected chi connectivity index (χ0v) is 14.1. The van der Waals surface area contributed by atoms with E-state index in [0.717, 1.165) is 31.9 Å². The molecule has 3 N–H and O–H groups in total. The average Bonchev–Trinajstić information content (AvgIpc) is 2.57. The predicted octanol–water partition coefficient (Wildman–Crippen LogP) is 2.91. The molecule has 2 aromatic rings. The lowest BCUT2D eigenvalue weighted by Crippen LogP contribution is -2.47. The summed E-state index contributed by atoms with van der Waals surface area (Å²) in [5, 5.41) is 9.04. The van der Waals surface area contributed by atoms with Gasteiger partial charge in [-0.2, -0.15) is 0 Å². The first kappa shape index (κ1) is 16.2. The van der Waals surface area contributed by atoms with Crippen LogP contribution in [0.2, 0.25) is 0 Å². The van der Waals surface area contributed by atoms with Crippen LogP contribution in [0.1, 0.15) is 21.5 Å². The van der Waals surface area contributed by atoms with Gasteiger partial charge in [0.15, 0.2) is 0 Å². The van der Waals surface area contributed by atoms with Crippen LogP contribution in [0.4, 0.5) is 17.1 Å². The molecule has 24 heavy (non-hydrogen) atoms. The van der Waals surface area contributed by atoms with Gasteiger partial charge < -0.3 is 20.6 Å². The molecule has 5 heteroatoms. The lowest BCUT2D eigenvalue weighted by Gasteiger charge is -2.38. The Morgan fingerprint density at radius 3 is 2.17 bits per heavy atom. The minimum absolute atomic E-state index is 0.227. The van der Waals surface area contributed by atoms with Crippen LogP contribution in [0.25, 0.3) is 0 Å². The summed E-state index contributed by atoms with van der Waals surface area (Å²) in [7, 11) is 0. The Balaban J connectivity index is 1.73. The molecular weight excluding hydrogens is 302 g/mol. The van der Waals surface area contributed by atoms with Gasteiger partial charge in [0, 0.05) is 31.9 Å². The van der Waals surface area contributed by atoms with E-state index in [2.05, 4.69) is 41.8 Å². The van der Waals surface area contributed by atoms with Crippen molar-refractivity contribution < 1.29 is 9.90 Å². The SMILES string of the molecule is Cc1ccc(C)c(N2CCN(c3ccc(C(=O)O)cc3N)CC2)c1. The van der Waals surface area contributed by atoms with Crippen molar-refractivity contribution in [3.8, 4) is 0 Å². The maximum atomic E-state index is 11.0. The normalized spacial score (nSPS) is 14.8. The number of anilines is 3. The number of rotatable bonds is 3. The van der Waals surface area contributed by atoms with Gasteiger partial charge in [-0.25, -0.2) is 4.79 Å². The van der Waals surface area contributed by atoms with Gasteiger partial charge in [0.25, 0.3) is 0 Å². The Labute approximate surface area is 142 Å². The second-order valence-corrected chi connectivity index (χ2v) is 6.34. The van der Waals surface area contributed by atoms with E-state index >= 15 is 0 Å². The lowest BCUT2D eigenvalue weighted by atomic mass is 10.1. The fourth-order valence-corrected chi connectivity index (χ4v) is 3.22. The van der Waals surface area contributed by atoms with E-state index < -0.39 is 5.97 Å². The van der Waals surface area contributed by atoms with Crippen LogP contribution >= 0.6 is 0 Å². The van der Waals surface area contributed by atoms with Gasteiger partial charge in [-0.15, -0.1) is 0 Å². The molecule has 0 aliphatic carbocycles. The van der Waals surface area contributed by atoms with Crippen molar-refractivity contribution in [2.24, 2.45) is 0 Å². The number of hydrogen-bond acceptors (Lipinski definition) is 4. The summed E-state index contributed by atoms with van der Waals surface area (Å²) in [4.78, 5) is 15.7. The van der Waals surface area contributed by atoms with E-state index in [1.54, 1.807) is 6.07 Å². The Kier molecular flexibility index (Phi) is 4.34. The quantitative estimate of drug-likeness (QED) is 0.849. The minimum Gasteiger partial charge on any atom is -0.478 e. The molecule has 5 nitrogen and oxygen atoms in total. The van der Waals surface area contributed by atoms with Crippen LogP contribution in [0.3, 0.4) is 0 Å². The number of hydrogen-bond donors (Lipinski definition) is 2. The van der Waals surface area contributed by atoms with E-state index in [0.29, 0.717) is 5.69 Å². The van der Waals surface area contributed by atoms with Gasteiger partial charge in [-0.1, -0.05) is 12.1 Å². The van der Waals surface area contributed by atoms with Gasteiger partial charge in [-0.05, 0) is 49.2 Å². The summed E-state index contributed by atoms with van der Waals surface area (Å²) in [6, 6.07) is 11.5. The van der Waals surface area contributed by atoms with Crippen molar-refractivity contribution in [2.75, 3.05) is 41.7 Å². The topological polar surface area (TPSA) is 69.8 Å². The fraction of sp³-hybridized carbons (Fsp3) is 0.316. The summed E-state index contributed by atoms with van der Waals surface area (Å²) in [6.07, 6.45) is 0. The first-order valence-electron chi connectivity index (χ1n) is 8.15. The smallest absolute Gasteiger partial charge is 0.335 e. The number of nitrogen functional groups attached to an aromatic ring is 1. The van der Waals surface area contributed by atoms with E-state index in [9.17, 15) is 4.79 Å².